The van der Waals surface area contributed by atoms with E-state index in [-0.39, 0.29) is 12.1 Å². The molecule has 0 saturated carbocycles. The lowest BCUT2D eigenvalue weighted by molar-refractivity contribution is 0.238. The molecule has 1 heterocycles. The van der Waals surface area contributed by atoms with Crippen LogP contribution in [0, 0.1) is 0 Å². The number of carbonyl (C=O) groups excluding carboxylic acids is 1. The zero-order valence-electron chi connectivity index (χ0n) is 8.74. The standard InChI is InChI=1S/C9H16N4O/c1-7(2)12-9(14)10-4-8-5-11-13(3)6-8/h5-7H,4H2,1-3H3,(H2,10,12,14). The van der Waals surface area contributed by atoms with Crippen molar-refractivity contribution in [3.05, 3.63) is 18.0 Å². The van der Waals surface area contributed by atoms with Crippen molar-refractivity contribution < 1.29 is 4.79 Å². The molecule has 0 spiro atoms. The second kappa shape index (κ2) is 4.64. The van der Waals surface area contributed by atoms with Crippen LogP contribution >= 0.6 is 0 Å². The molecule has 0 aliphatic carbocycles. The number of nitrogens with one attached hydrogen (secondary N) is 2. The maximum absolute atomic E-state index is 11.2. The van der Waals surface area contributed by atoms with Gasteiger partial charge in [-0.15, -0.1) is 0 Å². The Balaban J connectivity index is 2.30. The molecular weight excluding hydrogens is 180 g/mol. The maximum atomic E-state index is 11.2. The fraction of sp³-hybridized carbons (Fsp3) is 0.556. The molecule has 2 N–H and O–H groups in total. The van der Waals surface area contributed by atoms with Gasteiger partial charge in [-0.05, 0) is 13.8 Å². The van der Waals surface area contributed by atoms with Gasteiger partial charge in [-0.3, -0.25) is 4.68 Å². The first kappa shape index (κ1) is 10.6. The minimum Gasteiger partial charge on any atom is -0.336 e. The zero-order valence-corrected chi connectivity index (χ0v) is 8.74. The Bertz CT molecular complexity index is 306. The van der Waals surface area contributed by atoms with Crippen LogP contribution in [0.4, 0.5) is 4.79 Å². The van der Waals surface area contributed by atoms with E-state index in [0.29, 0.717) is 6.54 Å². The average Bonchev–Trinajstić information content (AvgIpc) is 2.47. The predicted octanol–water partition coefficient (Wildman–Crippen LogP) is 0.628. The van der Waals surface area contributed by atoms with Gasteiger partial charge in [0.15, 0.2) is 0 Å². The quantitative estimate of drug-likeness (QED) is 0.744. The lowest BCUT2D eigenvalue weighted by atomic mass is 10.3. The van der Waals surface area contributed by atoms with Gasteiger partial charge < -0.3 is 10.6 Å². The summed E-state index contributed by atoms with van der Waals surface area (Å²) in [5.74, 6) is 0. The second-order valence-corrected chi connectivity index (χ2v) is 3.50. The SMILES string of the molecule is CC(C)NC(=O)NCc1cnn(C)c1. The van der Waals surface area contributed by atoms with Crippen LogP contribution in [-0.2, 0) is 13.6 Å². The molecule has 2 amide bonds. The number of amides is 2. The van der Waals surface area contributed by atoms with Gasteiger partial charge in [-0.2, -0.15) is 5.10 Å². The summed E-state index contributed by atoms with van der Waals surface area (Å²) < 4.78 is 1.71. The van der Waals surface area contributed by atoms with Gasteiger partial charge in [0.25, 0.3) is 0 Å². The van der Waals surface area contributed by atoms with E-state index in [2.05, 4.69) is 15.7 Å². The lowest BCUT2D eigenvalue weighted by Gasteiger charge is -2.08. The average molecular weight is 196 g/mol. The van der Waals surface area contributed by atoms with Gasteiger partial charge in [-0.25, -0.2) is 4.79 Å². The normalized spacial score (nSPS) is 10.3. The van der Waals surface area contributed by atoms with E-state index in [1.54, 1.807) is 10.9 Å². The van der Waals surface area contributed by atoms with Crippen LogP contribution in [0.2, 0.25) is 0 Å². The third-order valence-electron chi connectivity index (χ3n) is 1.63. The van der Waals surface area contributed by atoms with Gasteiger partial charge in [-0.1, -0.05) is 0 Å². The van der Waals surface area contributed by atoms with Crippen LogP contribution in [0.25, 0.3) is 0 Å². The van der Waals surface area contributed by atoms with Crippen LogP contribution in [0.15, 0.2) is 12.4 Å². The molecule has 1 aromatic heterocycles. The number of aryl methyl sites for hydroxylation is 1. The van der Waals surface area contributed by atoms with Gasteiger partial charge in [0.05, 0.1) is 6.20 Å². The first-order valence-corrected chi connectivity index (χ1v) is 4.60. The van der Waals surface area contributed by atoms with Gasteiger partial charge in [0.2, 0.25) is 0 Å². The predicted molar refractivity (Wildman–Crippen MR) is 53.7 cm³/mol. The highest BCUT2D eigenvalue weighted by atomic mass is 16.2. The number of nitrogens with zero attached hydrogens (tertiary/aromatic N) is 2. The monoisotopic (exact) mass is 196 g/mol. The number of carbonyl (C=O) groups is 1. The summed E-state index contributed by atoms with van der Waals surface area (Å²) in [7, 11) is 1.84. The van der Waals surface area contributed by atoms with Crippen molar-refractivity contribution in [1.29, 1.82) is 0 Å². The third kappa shape index (κ3) is 3.47. The molecule has 78 valence electrons. The molecule has 1 aromatic rings. The van der Waals surface area contributed by atoms with Crippen LogP contribution in [0.3, 0.4) is 0 Å². The van der Waals surface area contributed by atoms with E-state index in [0.717, 1.165) is 5.56 Å². The summed E-state index contributed by atoms with van der Waals surface area (Å²) in [6.45, 7) is 4.35. The molecule has 0 atom stereocenters. The van der Waals surface area contributed by atoms with Crippen molar-refractivity contribution in [1.82, 2.24) is 20.4 Å². The highest BCUT2D eigenvalue weighted by Gasteiger charge is 2.02. The van der Waals surface area contributed by atoms with Crippen LogP contribution < -0.4 is 10.6 Å². The summed E-state index contributed by atoms with van der Waals surface area (Å²) in [6.07, 6.45) is 3.60. The highest BCUT2D eigenvalue weighted by molar-refractivity contribution is 5.74. The van der Waals surface area contributed by atoms with Crippen LogP contribution in [0.1, 0.15) is 19.4 Å². The number of aromatic nitrogens is 2. The van der Waals surface area contributed by atoms with Crippen molar-refractivity contribution in [2.45, 2.75) is 26.4 Å². The van der Waals surface area contributed by atoms with Crippen molar-refractivity contribution in [2.75, 3.05) is 0 Å². The maximum Gasteiger partial charge on any atom is 0.315 e. The summed E-state index contributed by atoms with van der Waals surface area (Å²) in [4.78, 5) is 11.2. The largest absolute Gasteiger partial charge is 0.336 e. The molecule has 0 aliphatic rings. The summed E-state index contributed by atoms with van der Waals surface area (Å²) in [5, 5.41) is 9.48. The fourth-order valence-corrected chi connectivity index (χ4v) is 1.06. The van der Waals surface area contributed by atoms with Crippen LogP contribution in [0.5, 0.6) is 0 Å². The highest BCUT2D eigenvalue weighted by Crippen LogP contribution is 1.94. The molecular formula is C9H16N4O. The molecule has 14 heavy (non-hydrogen) atoms. The van der Waals surface area contributed by atoms with Gasteiger partial charge in [0.1, 0.15) is 0 Å². The van der Waals surface area contributed by atoms with Crippen molar-refractivity contribution in [3.63, 3.8) is 0 Å². The summed E-state index contributed by atoms with van der Waals surface area (Å²) >= 11 is 0. The van der Waals surface area contributed by atoms with Crippen molar-refractivity contribution in [3.8, 4) is 0 Å². The van der Waals surface area contributed by atoms with E-state index >= 15 is 0 Å². The first-order valence-electron chi connectivity index (χ1n) is 4.60. The Kier molecular flexibility index (Phi) is 3.50. The van der Waals surface area contributed by atoms with E-state index in [9.17, 15) is 4.79 Å². The Labute approximate surface area is 83.5 Å². The number of hydrogen-bond acceptors (Lipinski definition) is 2. The second-order valence-electron chi connectivity index (χ2n) is 3.50. The topological polar surface area (TPSA) is 59.0 Å². The molecule has 0 aromatic carbocycles. The number of rotatable bonds is 3. The molecule has 5 nitrogen and oxygen atoms in total. The van der Waals surface area contributed by atoms with E-state index < -0.39 is 0 Å². The Morgan fingerprint density at radius 1 is 1.64 bits per heavy atom. The third-order valence-corrected chi connectivity index (χ3v) is 1.63. The Morgan fingerprint density at radius 2 is 2.36 bits per heavy atom. The molecule has 0 aliphatic heterocycles. The smallest absolute Gasteiger partial charge is 0.315 e. The minimum absolute atomic E-state index is 0.149. The molecule has 5 heteroatoms. The van der Waals surface area contributed by atoms with Gasteiger partial charge in [0, 0.05) is 31.4 Å². The molecule has 0 radical (unpaired) electrons. The van der Waals surface area contributed by atoms with E-state index in [1.807, 2.05) is 27.1 Å². The van der Waals surface area contributed by atoms with Crippen molar-refractivity contribution in [2.24, 2.45) is 7.05 Å². The Hall–Kier alpha value is -1.52. The van der Waals surface area contributed by atoms with Crippen molar-refractivity contribution >= 4 is 6.03 Å². The van der Waals surface area contributed by atoms with Crippen LogP contribution in [-0.4, -0.2) is 21.9 Å². The first-order chi connectivity index (χ1) is 6.58. The summed E-state index contributed by atoms with van der Waals surface area (Å²) in [6, 6.07) is 0.00718. The number of urea groups is 1. The Morgan fingerprint density at radius 3 is 2.86 bits per heavy atom. The molecule has 1 rings (SSSR count). The zero-order chi connectivity index (χ0) is 10.6. The minimum atomic E-state index is -0.149. The van der Waals surface area contributed by atoms with E-state index in [4.69, 9.17) is 0 Å². The molecule has 0 fully saturated rings. The lowest BCUT2D eigenvalue weighted by Crippen LogP contribution is -2.38. The fourth-order valence-electron chi connectivity index (χ4n) is 1.06. The van der Waals surface area contributed by atoms with Gasteiger partial charge >= 0.3 is 6.03 Å². The summed E-state index contributed by atoms with van der Waals surface area (Å²) in [5.41, 5.74) is 0.992. The van der Waals surface area contributed by atoms with E-state index in [1.165, 1.54) is 0 Å². The molecule has 0 unspecified atom stereocenters. The molecule has 0 bridgehead atoms. The molecule has 0 saturated heterocycles. The number of hydrogen-bond donors (Lipinski definition) is 2.